The Hall–Kier alpha value is -1.38. The van der Waals surface area contributed by atoms with Crippen molar-refractivity contribution in [2.45, 2.75) is 0 Å². The first-order valence-electron chi connectivity index (χ1n) is 3.61. The molecule has 1 aromatic carbocycles. The van der Waals surface area contributed by atoms with E-state index >= 15 is 0 Å². The molecule has 2 nitrogen and oxygen atoms in total. The second-order valence-corrected chi connectivity index (χ2v) is 2.22. The molecule has 0 radical (unpaired) electrons. The zero-order chi connectivity index (χ0) is 8.81. The summed E-state index contributed by atoms with van der Waals surface area (Å²) in [6, 6.07) is 6.53. The number of carbonyl (C=O) groups excluding carboxylic acids is 1. The normalized spacial score (nSPS) is 9.42. The first-order chi connectivity index (χ1) is 5.86. The minimum absolute atomic E-state index is 0.0560. The summed E-state index contributed by atoms with van der Waals surface area (Å²) >= 11 is 0. The molecule has 0 spiro atoms. The third kappa shape index (κ3) is 2.34. The molecule has 0 aliphatic carbocycles. The first kappa shape index (κ1) is 8.71. The van der Waals surface area contributed by atoms with E-state index < -0.39 is 6.67 Å². The van der Waals surface area contributed by atoms with E-state index in [-0.39, 0.29) is 6.61 Å². The van der Waals surface area contributed by atoms with E-state index in [2.05, 4.69) is 0 Å². The highest BCUT2D eigenvalue weighted by Crippen LogP contribution is 2.10. The van der Waals surface area contributed by atoms with Gasteiger partial charge in [0, 0.05) is 5.56 Å². The number of ether oxygens (including phenoxy) is 1. The molecule has 1 rings (SSSR count). The van der Waals surface area contributed by atoms with Crippen molar-refractivity contribution in [1.82, 2.24) is 0 Å². The predicted octanol–water partition coefficient (Wildman–Crippen LogP) is 1.85. The summed E-state index contributed by atoms with van der Waals surface area (Å²) < 4.78 is 16.6. The number of hydrogen-bond acceptors (Lipinski definition) is 2. The minimum Gasteiger partial charge on any atom is -0.491 e. The summed E-state index contributed by atoms with van der Waals surface area (Å²) in [7, 11) is 0. The predicted molar refractivity (Wildman–Crippen MR) is 43.3 cm³/mol. The lowest BCUT2D eigenvalue weighted by molar-refractivity contribution is 0.112. The van der Waals surface area contributed by atoms with E-state index in [9.17, 15) is 9.18 Å². The maximum absolute atomic E-state index is 11.6. The summed E-state index contributed by atoms with van der Waals surface area (Å²) in [5, 5.41) is 0. The average molecular weight is 168 g/mol. The van der Waals surface area contributed by atoms with Gasteiger partial charge in [-0.15, -0.1) is 0 Å². The molecule has 0 bridgehead atoms. The number of carbonyl (C=O) groups is 1. The largest absolute Gasteiger partial charge is 0.491 e. The Morgan fingerprint density at radius 1 is 1.33 bits per heavy atom. The van der Waals surface area contributed by atoms with Crippen LogP contribution in [0.3, 0.4) is 0 Å². The lowest BCUT2D eigenvalue weighted by Gasteiger charge is -2.01. The SMILES string of the molecule is O=Cc1ccc(OCCF)cc1. The van der Waals surface area contributed by atoms with Crippen molar-refractivity contribution in [2.24, 2.45) is 0 Å². The third-order valence-electron chi connectivity index (χ3n) is 1.36. The molecule has 0 saturated carbocycles. The molecule has 0 heterocycles. The smallest absolute Gasteiger partial charge is 0.150 e. The fourth-order valence-corrected chi connectivity index (χ4v) is 0.799. The molecular weight excluding hydrogens is 159 g/mol. The van der Waals surface area contributed by atoms with Crippen LogP contribution >= 0.6 is 0 Å². The second kappa shape index (κ2) is 4.49. The van der Waals surface area contributed by atoms with Crippen LogP contribution in [-0.4, -0.2) is 19.6 Å². The van der Waals surface area contributed by atoms with Crippen LogP contribution in [0.5, 0.6) is 5.75 Å². The third-order valence-corrected chi connectivity index (χ3v) is 1.36. The second-order valence-electron chi connectivity index (χ2n) is 2.22. The maximum atomic E-state index is 11.6. The topological polar surface area (TPSA) is 26.3 Å². The number of aldehydes is 1. The molecule has 0 unspecified atom stereocenters. The molecule has 0 amide bonds. The van der Waals surface area contributed by atoms with Crippen LogP contribution in [0.25, 0.3) is 0 Å². The fraction of sp³-hybridized carbons (Fsp3) is 0.222. The molecule has 3 heteroatoms. The van der Waals surface area contributed by atoms with Gasteiger partial charge in [0.1, 0.15) is 25.3 Å². The number of benzene rings is 1. The van der Waals surface area contributed by atoms with Gasteiger partial charge in [0.2, 0.25) is 0 Å². The van der Waals surface area contributed by atoms with Crippen LogP contribution < -0.4 is 4.74 Å². The van der Waals surface area contributed by atoms with Gasteiger partial charge in [-0.05, 0) is 24.3 Å². The molecule has 1 aromatic rings. The molecule has 0 fully saturated rings. The molecule has 0 aromatic heterocycles. The first-order valence-corrected chi connectivity index (χ1v) is 3.61. The van der Waals surface area contributed by atoms with Crippen LogP contribution in [0.4, 0.5) is 4.39 Å². The van der Waals surface area contributed by atoms with E-state index in [0.717, 1.165) is 6.29 Å². The van der Waals surface area contributed by atoms with Gasteiger partial charge in [0.05, 0.1) is 0 Å². The Morgan fingerprint density at radius 3 is 2.50 bits per heavy atom. The molecule has 0 saturated heterocycles. The summed E-state index contributed by atoms with van der Waals surface area (Å²) in [4.78, 5) is 10.2. The van der Waals surface area contributed by atoms with E-state index in [1.807, 2.05) is 0 Å². The van der Waals surface area contributed by atoms with E-state index in [4.69, 9.17) is 4.74 Å². The van der Waals surface area contributed by atoms with Gasteiger partial charge >= 0.3 is 0 Å². The Bertz CT molecular complexity index is 243. The van der Waals surface area contributed by atoms with Gasteiger partial charge in [-0.25, -0.2) is 4.39 Å². The van der Waals surface area contributed by atoms with Crippen LogP contribution in [0.2, 0.25) is 0 Å². The van der Waals surface area contributed by atoms with Crippen molar-refractivity contribution in [3.8, 4) is 5.75 Å². The molecular formula is C9H9FO2. The van der Waals surface area contributed by atoms with Gasteiger partial charge in [-0.1, -0.05) is 0 Å². The van der Waals surface area contributed by atoms with Crippen molar-refractivity contribution in [3.05, 3.63) is 29.8 Å². The van der Waals surface area contributed by atoms with Crippen molar-refractivity contribution in [1.29, 1.82) is 0 Å². The van der Waals surface area contributed by atoms with Crippen LogP contribution in [-0.2, 0) is 0 Å². The highest BCUT2D eigenvalue weighted by atomic mass is 19.1. The number of hydrogen-bond donors (Lipinski definition) is 0. The Kier molecular flexibility index (Phi) is 3.26. The maximum Gasteiger partial charge on any atom is 0.150 e. The quantitative estimate of drug-likeness (QED) is 0.641. The highest BCUT2D eigenvalue weighted by molar-refractivity contribution is 5.74. The molecule has 64 valence electrons. The Labute approximate surface area is 70.0 Å². The Balaban J connectivity index is 2.58. The van der Waals surface area contributed by atoms with Crippen LogP contribution in [0.15, 0.2) is 24.3 Å². The van der Waals surface area contributed by atoms with Crippen molar-refractivity contribution < 1.29 is 13.9 Å². The highest BCUT2D eigenvalue weighted by Gasteiger charge is 1.93. The van der Waals surface area contributed by atoms with Crippen molar-refractivity contribution >= 4 is 6.29 Å². The van der Waals surface area contributed by atoms with Crippen molar-refractivity contribution in [2.75, 3.05) is 13.3 Å². The minimum atomic E-state index is -0.505. The summed E-state index contributed by atoms with van der Waals surface area (Å²) in [6.45, 7) is -0.449. The van der Waals surface area contributed by atoms with Gasteiger partial charge in [-0.3, -0.25) is 4.79 Å². The van der Waals surface area contributed by atoms with Gasteiger partial charge in [-0.2, -0.15) is 0 Å². The number of rotatable bonds is 4. The lowest BCUT2D eigenvalue weighted by atomic mass is 10.2. The Morgan fingerprint density at radius 2 is 2.00 bits per heavy atom. The summed E-state index contributed by atoms with van der Waals surface area (Å²) in [5.41, 5.74) is 0.586. The van der Waals surface area contributed by atoms with Gasteiger partial charge in [0.25, 0.3) is 0 Å². The summed E-state index contributed by atoms with van der Waals surface area (Å²) in [6.07, 6.45) is 0.749. The lowest BCUT2D eigenvalue weighted by Crippen LogP contribution is -1.98. The summed E-state index contributed by atoms with van der Waals surface area (Å²) in [5.74, 6) is 0.582. The molecule has 0 atom stereocenters. The molecule has 0 aliphatic rings. The molecule has 12 heavy (non-hydrogen) atoms. The van der Waals surface area contributed by atoms with Crippen LogP contribution in [0, 0.1) is 0 Å². The van der Waals surface area contributed by atoms with E-state index in [1.54, 1.807) is 24.3 Å². The fourth-order valence-electron chi connectivity index (χ4n) is 0.799. The molecule has 0 aliphatic heterocycles. The zero-order valence-corrected chi connectivity index (χ0v) is 6.50. The monoisotopic (exact) mass is 168 g/mol. The number of alkyl halides is 1. The van der Waals surface area contributed by atoms with E-state index in [0.29, 0.717) is 11.3 Å². The molecule has 0 N–H and O–H groups in total. The standard InChI is InChI=1S/C9H9FO2/c10-5-6-12-9-3-1-8(7-11)2-4-9/h1-4,7H,5-6H2. The number of halogens is 1. The van der Waals surface area contributed by atoms with Crippen molar-refractivity contribution in [3.63, 3.8) is 0 Å². The zero-order valence-electron chi connectivity index (χ0n) is 6.50. The van der Waals surface area contributed by atoms with Gasteiger partial charge < -0.3 is 4.74 Å². The van der Waals surface area contributed by atoms with Gasteiger partial charge in [0.15, 0.2) is 0 Å². The van der Waals surface area contributed by atoms with Crippen LogP contribution in [0.1, 0.15) is 10.4 Å². The average Bonchev–Trinajstić information content (AvgIpc) is 2.15. The van der Waals surface area contributed by atoms with E-state index in [1.165, 1.54) is 0 Å².